The molecule has 0 saturated heterocycles. The van der Waals surface area contributed by atoms with Crippen LogP contribution in [0.3, 0.4) is 0 Å². The SMILES string of the molecule is C=C(OC(=O)O)C(CC(C)C)NC. The van der Waals surface area contributed by atoms with E-state index in [9.17, 15) is 4.79 Å². The second-order valence-corrected chi connectivity index (χ2v) is 3.31. The van der Waals surface area contributed by atoms with Crippen molar-refractivity contribution < 1.29 is 14.6 Å². The lowest BCUT2D eigenvalue weighted by Gasteiger charge is -2.18. The maximum absolute atomic E-state index is 10.2. The summed E-state index contributed by atoms with van der Waals surface area (Å²) < 4.78 is 4.46. The normalized spacial score (nSPS) is 12.6. The highest BCUT2D eigenvalue weighted by Crippen LogP contribution is 2.12. The molecule has 0 spiro atoms. The third-order valence-corrected chi connectivity index (χ3v) is 1.66. The van der Waals surface area contributed by atoms with Crippen molar-refractivity contribution in [2.75, 3.05) is 7.05 Å². The Morgan fingerprint density at radius 3 is 2.46 bits per heavy atom. The molecule has 0 amide bonds. The van der Waals surface area contributed by atoms with Gasteiger partial charge in [-0.05, 0) is 19.4 Å². The molecule has 13 heavy (non-hydrogen) atoms. The van der Waals surface area contributed by atoms with E-state index in [0.717, 1.165) is 6.42 Å². The van der Waals surface area contributed by atoms with E-state index in [1.54, 1.807) is 7.05 Å². The number of carboxylic acid groups (broad SMARTS) is 1. The van der Waals surface area contributed by atoms with E-state index in [4.69, 9.17) is 5.11 Å². The molecule has 4 heteroatoms. The molecular formula is C9H17NO3. The van der Waals surface area contributed by atoms with E-state index in [2.05, 4.69) is 30.5 Å². The number of nitrogens with one attached hydrogen (secondary N) is 1. The Kier molecular flexibility index (Phi) is 5.14. The first-order valence-corrected chi connectivity index (χ1v) is 4.24. The van der Waals surface area contributed by atoms with Crippen molar-refractivity contribution in [2.24, 2.45) is 5.92 Å². The fraction of sp³-hybridized carbons (Fsp3) is 0.667. The average Bonchev–Trinajstić information content (AvgIpc) is 1.98. The number of carbonyl (C=O) groups is 1. The molecule has 76 valence electrons. The molecule has 0 aromatic carbocycles. The molecule has 2 N–H and O–H groups in total. The number of hydrogen-bond donors (Lipinski definition) is 2. The first-order valence-electron chi connectivity index (χ1n) is 4.24. The average molecular weight is 187 g/mol. The van der Waals surface area contributed by atoms with Gasteiger partial charge in [-0.25, -0.2) is 4.79 Å². The molecular weight excluding hydrogens is 170 g/mol. The summed E-state index contributed by atoms with van der Waals surface area (Å²) in [6.07, 6.45) is -0.503. The van der Waals surface area contributed by atoms with Crippen molar-refractivity contribution >= 4 is 6.16 Å². The van der Waals surface area contributed by atoms with Crippen LogP contribution in [0.1, 0.15) is 20.3 Å². The van der Waals surface area contributed by atoms with Gasteiger partial charge < -0.3 is 15.2 Å². The van der Waals surface area contributed by atoms with E-state index < -0.39 is 6.16 Å². The molecule has 0 bridgehead atoms. The molecule has 0 aromatic heterocycles. The molecule has 0 radical (unpaired) electrons. The van der Waals surface area contributed by atoms with Crippen LogP contribution in [0.25, 0.3) is 0 Å². The molecule has 0 saturated carbocycles. The Morgan fingerprint density at radius 1 is 1.62 bits per heavy atom. The Bertz CT molecular complexity index is 189. The lowest BCUT2D eigenvalue weighted by molar-refractivity contribution is 0.111. The van der Waals surface area contributed by atoms with Crippen LogP contribution in [0.2, 0.25) is 0 Å². The number of rotatable bonds is 5. The number of ether oxygens (including phenoxy) is 1. The molecule has 1 atom stereocenters. The van der Waals surface area contributed by atoms with Gasteiger partial charge in [-0.3, -0.25) is 0 Å². The number of hydrogen-bond acceptors (Lipinski definition) is 3. The maximum atomic E-state index is 10.2. The summed E-state index contributed by atoms with van der Waals surface area (Å²) in [6.45, 7) is 7.66. The monoisotopic (exact) mass is 187 g/mol. The lowest BCUT2D eigenvalue weighted by Crippen LogP contribution is -2.30. The summed E-state index contributed by atoms with van der Waals surface area (Å²) in [5.41, 5.74) is 0. The van der Waals surface area contributed by atoms with Gasteiger partial charge in [0.15, 0.2) is 0 Å². The summed E-state index contributed by atoms with van der Waals surface area (Å²) in [5, 5.41) is 11.3. The van der Waals surface area contributed by atoms with Crippen LogP contribution < -0.4 is 5.32 Å². The minimum absolute atomic E-state index is 0.101. The fourth-order valence-corrected chi connectivity index (χ4v) is 1.06. The highest BCUT2D eigenvalue weighted by Gasteiger charge is 2.15. The van der Waals surface area contributed by atoms with Gasteiger partial charge in [0.1, 0.15) is 5.76 Å². The third kappa shape index (κ3) is 5.25. The highest BCUT2D eigenvalue weighted by molar-refractivity contribution is 5.58. The van der Waals surface area contributed by atoms with Gasteiger partial charge >= 0.3 is 6.16 Å². The van der Waals surface area contributed by atoms with Gasteiger partial charge in [0.25, 0.3) is 0 Å². The first-order chi connectivity index (χ1) is 5.97. The van der Waals surface area contributed by atoms with Gasteiger partial charge in [-0.2, -0.15) is 0 Å². The van der Waals surface area contributed by atoms with Crippen molar-refractivity contribution in [2.45, 2.75) is 26.3 Å². The topological polar surface area (TPSA) is 58.6 Å². The number of likely N-dealkylation sites (N-methyl/N-ethyl adjacent to an activating group) is 1. The Morgan fingerprint density at radius 2 is 2.15 bits per heavy atom. The molecule has 0 heterocycles. The van der Waals surface area contributed by atoms with Crippen LogP contribution in [0.5, 0.6) is 0 Å². The molecule has 4 nitrogen and oxygen atoms in total. The first kappa shape index (κ1) is 12.0. The summed E-state index contributed by atoms with van der Waals surface area (Å²) in [5.74, 6) is 0.718. The van der Waals surface area contributed by atoms with E-state index in [-0.39, 0.29) is 11.8 Å². The zero-order valence-corrected chi connectivity index (χ0v) is 8.33. The second-order valence-electron chi connectivity index (χ2n) is 3.31. The Hall–Kier alpha value is -1.03. The summed E-state index contributed by atoms with van der Waals surface area (Å²) in [7, 11) is 1.75. The lowest BCUT2D eigenvalue weighted by atomic mass is 10.0. The molecule has 1 unspecified atom stereocenters. The van der Waals surface area contributed by atoms with Crippen molar-refractivity contribution in [3.05, 3.63) is 12.3 Å². The zero-order chi connectivity index (χ0) is 10.4. The maximum Gasteiger partial charge on any atom is 0.511 e. The molecule has 0 rings (SSSR count). The zero-order valence-electron chi connectivity index (χ0n) is 8.33. The van der Waals surface area contributed by atoms with Crippen LogP contribution in [0.4, 0.5) is 4.79 Å². The van der Waals surface area contributed by atoms with Crippen LogP contribution in [0.15, 0.2) is 12.3 Å². The largest absolute Gasteiger partial charge is 0.511 e. The third-order valence-electron chi connectivity index (χ3n) is 1.66. The van der Waals surface area contributed by atoms with Crippen LogP contribution in [-0.2, 0) is 4.74 Å². The highest BCUT2D eigenvalue weighted by atomic mass is 16.7. The molecule has 0 aliphatic heterocycles. The van der Waals surface area contributed by atoms with Gasteiger partial charge in [-0.1, -0.05) is 20.4 Å². The van der Waals surface area contributed by atoms with Crippen LogP contribution in [0, 0.1) is 5.92 Å². The smallest absolute Gasteiger partial charge is 0.449 e. The molecule has 0 aliphatic carbocycles. The van der Waals surface area contributed by atoms with Crippen molar-refractivity contribution in [1.29, 1.82) is 0 Å². The van der Waals surface area contributed by atoms with Crippen molar-refractivity contribution in [1.82, 2.24) is 5.32 Å². The van der Waals surface area contributed by atoms with E-state index in [1.807, 2.05) is 0 Å². The van der Waals surface area contributed by atoms with E-state index in [1.165, 1.54) is 0 Å². The molecule has 0 aromatic rings. The minimum Gasteiger partial charge on any atom is -0.449 e. The van der Waals surface area contributed by atoms with Crippen molar-refractivity contribution in [3.8, 4) is 0 Å². The van der Waals surface area contributed by atoms with Gasteiger partial charge in [-0.15, -0.1) is 0 Å². The molecule has 0 aliphatic rings. The minimum atomic E-state index is -1.31. The Labute approximate surface area is 78.6 Å². The predicted octanol–water partition coefficient (Wildman–Crippen LogP) is 1.83. The second kappa shape index (κ2) is 5.59. The van der Waals surface area contributed by atoms with Gasteiger partial charge in [0.05, 0.1) is 6.04 Å². The van der Waals surface area contributed by atoms with Gasteiger partial charge in [0, 0.05) is 0 Å². The van der Waals surface area contributed by atoms with Gasteiger partial charge in [0.2, 0.25) is 0 Å². The quantitative estimate of drug-likeness (QED) is 0.509. The van der Waals surface area contributed by atoms with Crippen LogP contribution >= 0.6 is 0 Å². The van der Waals surface area contributed by atoms with E-state index >= 15 is 0 Å². The van der Waals surface area contributed by atoms with E-state index in [0.29, 0.717) is 5.92 Å². The molecule has 0 fully saturated rings. The predicted molar refractivity (Wildman–Crippen MR) is 50.6 cm³/mol. The fourth-order valence-electron chi connectivity index (χ4n) is 1.06. The summed E-state index contributed by atoms with van der Waals surface area (Å²) in [4.78, 5) is 10.2. The van der Waals surface area contributed by atoms with Crippen molar-refractivity contribution in [3.63, 3.8) is 0 Å². The summed E-state index contributed by atoms with van der Waals surface area (Å²) in [6, 6.07) is -0.101. The summed E-state index contributed by atoms with van der Waals surface area (Å²) >= 11 is 0. The Balaban J connectivity index is 4.07. The van der Waals surface area contributed by atoms with Crippen LogP contribution in [-0.4, -0.2) is 24.4 Å². The standard InChI is InChI=1S/C9H17NO3/c1-6(2)5-8(10-4)7(3)13-9(11)12/h6,8,10H,3,5H2,1-2,4H3,(H,11,12).